The number of aliphatic carboxylic acids is 4. The quantitative estimate of drug-likeness (QED) is 0.0784. The van der Waals surface area contributed by atoms with E-state index in [4.69, 9.17) is 5.11 Å². The Bertz CT molecular complexity index is 831. The fourth-order valence-corrected chi connectivity index (χ4v) is 3.95. The monoisotopic (exact) mass is 578 g/mol. The maximum absolute atomic E-state index is 12.5. The Labute approximate surface area is 231 Å². The predicted molar refractivity (Wildman–Crippen MR) is 140 cm³/mol. The van der Waals surface area contributed by atoms with Crippen LogP contribution in [0.3, 0.4) is 0 Å². The van der Waals surface area contributed by atoms with E-state index in [1.165, 1.54) is 0 Å². The Morgan fingerprint density at radius 1 is 0.564 bits per heavy atom. The highest BCUT2D eigenvalue weighted by atomic mass is 32.1. The number of amides is 2. The normalized spacial score (nSPS) is 17.8. The zero-order valence-electron chi connectivity index (χ0n) is 21.7. The summed E-state index contributed by atoms with van der Waals surface area (Å²) in [4.78, 5) is 75.7. The molecular weight excluding hydrogens is 540 g/mol. The fourth-order valence-electron chi connectivity index (χ4n) is 3.78. The van der Waals surface area contributed by atoms with Crippen molar-refractivity contribution < 1.29 is 49.2 Å². The number of carbonyl (C=O) groups is 6. The lowest BCUT2D eigenvalue weighted by Gasteiger charge is -2.32. The molecule has 1 aliphatic rings. The second-order valence-electron chi connectivity index (χ2n) is 9.04. The molecule has 0 aromatic heterocycles. The first-order valence-corrected chi connectivity index (χ1v) is 12.9. The van der Waals surface area contributed by atoms with E-state index < -0.39 is 35.0 Å². The van der Waals surface area contributed by atoms with Gasteiger partial charge in [0.25, 0.3) is 0 Å². The molecule has 0 aromatic carbocycles. The van der Waals surface area contributed by atoms with Gasteiger partial charge in [0, 0.05) is 71.9 Å². The predicted octanol–water partition coefficient (Wildman–Crippen LogP) is -3.53. The van der Waals surface area contributed by atoms with Crippen molar-refractivity contribution >= 4 is 48.3 Å². The first-order valence-electron chi connectivity index (χ1n) is 12.3. The molecule has 0 bridgehead atoms. The second-order valence-corrected chi connectivity index (χ2v) is 9.67. The van der Waals surface area contributed by atoms with Crippen molar-refractivity contribution in [3.63, 3.8) is 0 Å². The van der Waals surface area contributed by atoms with Crippen molar-refractivity contribution in [2.24, 2.45) is 0 Å². The van der Waals surface area contributed by atoms with Crippen LogP contribution >= 0.6 is 12.6 Å². The molecule has 1 atom stereocenters. The van der Waals surface area contributed by atoms with Gasteiger partial charge >= 0.3 is 23.9 Å². The van der Waals surface area contributed by atoms with Crippen molar-refractivity contribution in [2.75, 3.05) is 91.6 Å². The molecule has 222 valence electrons. The van der Waals surface area contributed by atoms with Crippen LogP contribution in [-0.4, -0.2) is 173 Å². The van der Waals surface area contributed by atoms with E-state index in [0.29, 0.717) is 13.1 Å². The van der Waals surface area contributed by atoms with Gasteiger partial charge in [0.2, 0.25) is 11.8 Å². The number of carbonyl (C=O) groups excluding carboxylic acids is 2. The van der Waals surface area contributed by atoms with Crippen molar-refractivity contribution in [3.8, 4) is 0 Å². The average Bonchev–Trinajstić information content (AvgIpc) is 2.82. The number of hydrogen-bond donors (Lipinski definition) is 7. The van der Waals surface area contributed by atoms with Crippen LogP contribution in [0.25, 0.3) is 0 Å². The van der Waals surface area contributed by atoms with Crippen LogP contribution in [-0.2, 0) is 28.8 Å². The minimum Gasteiger partial charge on any atom is -0.480 e. The summed E-state index contributed by atoms with van der Waals surface area (Å²) in [5.74, 6) is -5.23. The molecule has 0 saturated carbocycles. The van der Waals surface area contributed by atoms with E-state index in [0.717, 1.165) is 0 Å². The highest BCUT2D eigenvalue weighted by molar-refractivity contribution is 7.81. The van der Waals surface area contributed by atoms with Crippen LogP contribution in [0, 0.1) is 0 Å². The highest BCUT2D eigenvalue weighted by Crippen LogP contribution is 2.02. The number of carboxylic acid groups (broad SMARTS) is 4. The third-order valence-electron chi connectivity index (χ3n) is 5.81. The maximum atomic E-state index is 12.5. The number of nitrogens with zero attached hydrogens (tertiary/aromatic N) is 4. The van der Waals surface area contributed by atoms with E-state index >= 15 is 0 Å². The molecule has 1 saturated heterocycles. The van der Waals surface area contributed by atoms with Gasteiger partial charge in [-0.05, 0) is 0 Å². The van der Waals surface area contributed by atoms with Crippen LogP contribution in [0.15, 0.2) is 0 Å². The fraction of sp³-hybridized carbons (Fsp3) is 0.727. The number of nitrogens with one attached hydrogen (secondary N) is 2. The van der Waals surface area contributed by atoms with Gasteiger partial charge in [-0.2, -0.15) is 12.6 Å². The number of carboxylic acids is 4. The van der Waals surface area contributed by atoms with Gasteiger partial charge in [-0.25, -0.2) is 0 Å². The summed E-state index contributed by atoms with van der Waals surface area (Å²) < 4.78 is 0. The Kier molecular flexibility index (Phi) is 16.0. The topological polar surface area (TPSA) is 220 Å². The summed E-state index contributed by atoms with van der Waals surface area (Å²) in [5, 5.41) is 40.6. The second kappa shape index (κ2) is 18.3. The Morgan fingerprint density at radius 2 is 0.872 bits per heavy atom. The van der Waals surface area contributed by atoms with Gasteiger partial charge in [-0.1, -0.05) is 0 Å². The lowest BCUT2D eigenvalue weighted by atomic mass is 10.3. The van der Waals surface area contributed by atoms with Gasteiger partial charge in [0.15, 0.2) is 0 Å². The molecule has 0 aliphatic carbocycles. The standard InChI is InChI=1S/C22H38N6O10S/c29-17(11-16(39)22(37)38)23-1-2-24-18(30)12-25-3-5-26(13-19(31)32)7-9-28(15-21(35)36)10-8-27(6-4-25)14-20(33)34/h16,39H,1-15H2,(H,23,29)(H,24,30)(H,31,32)(H,33,34)(H,35,36)(H,37,38). The van der Waals surface area contributed by atoms with Crippen molar-refractivity contribution in [3.05, 3.63) is 0 Å². The third-order valence-corrected chi connectivity index (χ3v) is 6.21. The molecule has 0 radical (unpaired) electrons. The molecular formula is C22H38N6O10S. The van der Waals surface area contributed by atoms with Crippen molar-refractivity contribution in [2.45, 2.75) is 11.7 Å². The van der Waals surface area contributed by atoms with Gasteiger partial charge < -0.3 is 31.1 Å². The lowest BCUT2D eigenvalue weighted by molar-refractivity contribution is -0.140. The van der Waals surface area contributed by atoms with Gasteiger partial charge in [-0.3, -0.25) is 48.4 Å². The van der Waals surface area contributed by atoms with Gasteiger partial charge in [0.05, 0.1) is 26.2 Å². The summed E-state index contributed by atoms with van der Waals surface area (Å²) in [6.07, 6.45) is -0.312. The molecule has 17 heteroatoms. The van der Waals surface area contributed by atoms with Crippen molar-refractivity contribution in [1.82, 2.24) is 30.2 Å². The van der Waals surface area contributed by atoms with E-state index in [9.17, 15) is 44.1 Å². The minimum atomic E-state index is -1.21. The average molecular weight is 579 g/mol. The zero-order valence-corrected chi connectivity index (χ0v) is 22.6. The minimum absolute atomic E-state index is 0.0569. The van der Waals surface area contributed by atoms with E-state index in [2.05, 4.69) is 23.3 Å². The Balaban J connectivity index is 2.75. The van der Waals surface area contributed by atoms with Gasteiger partial charge in [0.1, 0.15) is 5.25 Å². The summed E-state index contributed by atoms with van der Waals surface area (Å²) >= 11 is 3.79. The van der Waals surface area contributed by atoms with Crippen LogP contribution in [0.5, 0.6) is 0 Å². The van der Waals surface area contributed by atoms with Crippen LogP contribution in [0.2, 0.25) is 0 Å². The molecule has 2 amide bonds. The summed E-state index contributed by atoms with van der Waals surface area (Å²) in [6.45, 7) is 1.58. The molecule has 1 heterocycles. The molecule has 0 aromatic rings. The molecule has 39 heavy (non-hydrogen) atoms. The smallest absolute Gasteiger partial charge is 0.317 e. The summed E-state index contributed by atoms with van der Waals surface area (Å²) in [6, 6.07) is 0. The van der Waals surface area contributed by atoms with E-state index in [1.807, 2.05) is 0 Å². The molecule has 1 unspecified atom stereocenters. The zero-order chi connectivity index (χ0) is 29.4. The molecule has 1 fully saturated rings. The SMILES string of the molecule is O=C(O)CN1CCN(CC(=O)O)CCN(CC(=O)NCCNC(=O)CC(S)C(=O)O)CCN(CC(=O)O)CC1. The van der Waals surface area contributed by atoms with Crippen molar-refractivity contribution in [1.29, 1.82) is 0 Å². The first kappa shape index (κ1) is 34.0. The third kappa shape index (κ3) is 16.6. The van der Waals surface area contributed by atoms with Gasteiger partial charge in [-0.15, -0.1) is 0 Å². The molecule has 0 spiro atoms. The Hall–Kier alpha value is -2.99. The Morgan fingerprint density at radius 3 is 1.18 bits per heavy atom. The number of rotatable bonds is 14. The number of thiol groups is 1. The first-order chi connectivity index (χ1) is 18.3. The molecule has 16 nitrogen and oxygen atoms in total. The molecule has 1 aliphatic heterocycles. The summed E-state index contributed by atoms with van der Waals surface area (Å²) in [5.41, 5.74) is 0. The molecule has 6 N–H and O–H groups in total. The highest BCUT2D eigenvalue weighted by Gasteiger charge is 2.21. The van der Waals surface area contributed by atoms with E-state index in [1.54, 1.807) is 19.6 Å². The maximum Gasteiger partial charge on any atom is 0.317 e. The van der Waals surface area contributed by atoms with E-state index in [-0.39, 0.29) is 90.9 Å². The van der Waals surface area contributed by atoms with Crippen LogP contribution in [0.1, 0.15) is 6.42 Å². The summed E-state index contributed by atoms with van der Waals surface area (Å²) in [7, 11) is 0. The molecule has 1 rings (SSSR count). The van der Waals surface area contributed by atoms with Crippen LogP contribution < -0.4 is 10.6 Å². The van der Waals surface area contributed by atoms with Crippen LogP contribution in [0.4, 0.5) is 0 Å². The largest absolute Gasteiger partial charge is 0.480 e. The number of hydrogen-bond acceptors (Lipinski definition) is 11. The lowest BCUT2D eigenvalue weighted by Crippen LogP contribution is -2.50.